The Bertz CT molecular complexity index is 228. The standard InChI is InChI=1S/C12H25N3O2/c1-10(13)3-4-12(16)14-11(2)9-15-5-7-17-8-6-15/h10-11H,3-9,13H2,1-2H3,(H,14,16). The summed E-state index contributed by atoms with van der Waals surface area (Å²) in [6.45, 7) is 8.37. The highest BCUT2D eigenvalue weighted by atomic mass is 16.5. The van der Waals surface area contributed by atoms with E-state index in [0.717, 1.165) is 39.3 Å². The lowest BCUT2D eigenvalue weighted by Crippen LogP contribution is -2.46. The molecular formula is C12H25N3O2. The van der Waals surface area contributed by atoms with Crippen LogP contribution >= 0.6 is 0 Å². The normalized spacial score (nSPS) is 20.9. The van der Waals surface area contributed by atoms with Crippen LogP contribution in [0.1, 0.15) is 26.7 Å². The van der Waals surface area contributed by atoms with Gasteiger partial charge in [0.15, 0.2) is 0 Å². The first kappa shape index (κ1) is 14.4. The molecule has 1 heterocycles. The van der Waals surface area contributed by atoms with Crippen molar-refractivity contribution >= 4 is 5.91 Å². The number of hydrogen-bond donors (Lipinski definition) is 2. The van der Waals surface area contributed by atoms with Crippen LogP contribution in [-0.2, 0) is 9.53 Å². The van der Waals surface area contributed by atoms with Crippen molar-refractivity contribution in [3.63, 3.8) is 0 Å². The maximum Gasteiger partial charge on any atom is 0.220 e. The largest absolute Gasteiger partial charge is 0.379 e. The van der Waals surface area contributed by atoms with Gasteiger partial charge in [0.2, 0.25) is 5.91 Å². The summed E-state index contributed by atoms with van der Waals surface area (Å²) >= 11 is 0. The smallest absolute Gasteiger partial charge is 0.220 e. The van der Waals surface area contributed by atoms with Crippen LogP contribution in [-0.4, -0.2) is 55.7 Å². The fourth-order valence-electron chi connectivity index (χ4n) is 1.92. The third kappa shape index (κ3) is 6.61. The van der Waals surface area contributed by atoms with Gasteiger partial charge in [0.1, 0.15) is 0 Å². The first-order valence-corrected chi connectivity index (χ1v) is 6.43. The quantitative estimate of drug-likeness (QED) is 0.686. The van der Waals surface area contributed by atoms with Gasteiger partial charge in [-0.05, 0) is 20.3 Å². The second kappa shape index (κ2) is 7.63. The Hall–Kier alpha value is -0.650. The van der Waals surface area contributed by atoms with E-state index < -0.39 is 0 Å². The predicted molar refractivity (Wildman–Crippen MR) is 67.7 cm³/mol. The number of ether oxygens (including phenoxy) is 1. The van der Waals surface area contributed by atoms with Gasteiger partial charge < -0.3 is 15.8 Å². The van der Waals surface area contributed by atoms with Gasteiger partial charge in [-0.3, -0.25) is 9.69 Å². The lowest BCUT2D eigenvalue weighted by atomic mass is 10.2. The Morgan fingerprint density at radius 3 is 2.65 bits per heavy atom. The molecule has 0 spiro atoms. The van der Waals surface area contributed by atoms with Crippen LogP contribution in [0.25, 0.3) is 0 Å². The molecule has 17 heavy (non-hydrogen) atoms. The number of carbonyl (C=O) groups is 1. The Kier molecular flexibility index (Phi) is 6.47. The number of morpholine rings is 1. The van der Waals surface area contributed by atoms with E-state index >= 15 is 0 Å². The number of carbonyl (C=O) groups excluding carboxylic acids is 1. The topological polar surface area (TPSA) is 67.6 Å². The summed E-state index contributed by atoms with van der Waals surface area (Å²) in [4.78, 5) is 13.9. The molecule has 0 bridgehead atoms. The molecule has 100 valence electrons. The zero-order valence-corrected chi connectivity index (χ0v) is 10.9. The number of hydrogen-bond acceptors (Lipinski definition) is 4. The van der Waals surface area contributed by atoms with E-state index in [1.54, 1.807) is 0 Å². The molecule has 1 rings (SSSR count). The highest BCUT2D eigenvalue weighted by Crippen LogP contribution is 1.99. The summed E-state index contributed by atoms with van der Waals surface area (Å²) in [6.07, 6.45) is 1.27. The second-order valence-electron chi connectivity index (χ2n) is 4.90. The summed E-state index contributed by atoms with van der Waals surface area (Å²) in [6, 6.07) is 0.281. The molecule has 1 aliphatic rings. The highest BCUT2D eigenvalue weighted by molar-refractivity contribution is 5.76. The van der Waals surface area contributed by atoms with Gasteiger partial charge in [0.25, 0.3) is 0 Å². The van der Waals surface area contributed by atoms with Crippen LogP contribution < -0.4 is 11.1 Å². The van der Waals surface area contributed by atoms with Crippen molar-refractivity contribution in [2.75, 3.05) is 32.8 Å². The highest BCUT2D eigenvalue weighted by Gasteiger charge is 2.15. The second-order valence-corrected chi connectivity index (χ2v) is 4.90. The molecule has 3 N–H and O–H groups in total. The molecule has 0 aromatic carbocycles. The minimum Gasteiger partial charge on any atom is -0.379 e. The molecule has 5 nitrogen and oxygen atoms in total. The molecule has 2 atom stereocenters. The summed E-state index contributed by atoms with van der Waals surface area (Å²) in [5.74, 6) is 0.100. The monoisotopic (exact) mass is 243 g/mol. The Labute approximate surface area is 104 Å². The van der Waals surface area contributed by atoms with Gasteiger partial charge in [-0.2, -0.15) is 0 Å². The summed E-state index contributed by atoms with van der Waals surface area (Å²) in [7, 11) is 0. The predicted octanol–water partition coefficient (Wildman–Crippen LogP) is -0.0493. The number of nitrogens with one attached hydrogen (secondary N) is 1. The molecule has 1 fully saturated rings. The van der Waals surface area contributed by atoms with E-state index in [0.29, 0.717) is 6.42 Å². The first-order chi connectivity index (χ1) is 8.08. The number of nitrogens with two attached hydrogens (primary N) is 1. The zero-order valence-electron chi connectivity index (χ0n) is 10.9. The van der Waals surface area contributed by atoms with E-state index in [2.05, 4.69) is 10.2 Å². The van der Waals surface area contributed by atoms with Crippen molar-refractivity contribution in [2.45, 2.75) is 38.8 Å². The average Bonchev–Trinajstić information content (AvgIpc) is 2.27. The molecule has 0 saturated carbocycles. The van der Waals surface area contributed by atoms with Crippen LogP contribution in [0.2, 0.25) is 0 Å². The number of amides is 1. The van der Waals surface area contributed by atoms with Crippen molar-refractivity contribution in [2.24, 2.45) is 5.73 Å². The fourth-order valence-corrected chi connectivity index (χ4v) is 1.92. The maximum absolute atomic E-state index is 11.6. The van der Waals surface area contributed by atoms with Gasteiger partial charge in [-0.1, -0.05) is 0 Å². The van der Waals surface area contributed by atoms with Crippen LogP contribution in [0.15, 0.2) is 0 Å². The maximum atomic E-state index is 11.6. The minimum absolute atomic E-state index is 0.0929. The first-order valence-electron chi connectivity index (χ1n) is 6.43. The molecule has 1 aliphatic heterocycles. The van der Waals surface area contributed by atoms with E-state index in [4.69, 9.17) is 10.5 Å². The Balaban J connectivity index is 2.14. The summed E-state index contributed by atoms with van der Waals surface area (Å²) in [5, 5.41) is 3.01. The summed E-state index contributed by atoms with van der Waals surface area (Å²) < 4.78 is 5.28. The molecule has 0 aromatic rings. The average molecular weight is 243 g/mol. The lowest BCUT2D eigenvalue weighted by Gasteiger charge is -2.29. The molecule has 0 aromatic heterocycles. The van der Waals surface area contributed by atoms with Gasteiger partial charge in [0, 0.05) is 38.1 Å². The molecule has 2 unspecified atom stereocenters. The van der Waals surface area contributed by atoms with Crippen molar-refractivity contribution in [3.8, 4) is 0 Å². The van der Waals surface area contributed by atoms with Crippen molar-refractivity contribution in [1.29, 1.82) is 0 Å². The SMILES string of the molecule is CC(N)CCC(=O)NC(C)CN1CCOCC1. The van der Waals surface area contributed by atoms with Crippen LogP contribution in [0.4, 0.5) is 0 Å². The molecule has 5 heteroatoms. The van der Waals surface area contributed by atoms with Crippen LogP contribution in [0.3, 0.4) is 0 Å². The number of rotatable bonds is 6. The van der Waals surface area contributed by atoms with Crippen LogP contribution in [0.5, 0.6) is 0 Å². The molecule has 0 radical (unpaired) electrons. The third-order valence-electron chi connectivity index (χ3n) is 2.87. The van der Waals surface area contributed by atoms with Gasteiger partial charge >= 0.3 is 0 Å². The lowest BCUT2D eigenvalue weighted by molar-refractivity contribution is -0.122. The van der Waals surface area contributed by atoms with Crippen molar-refractivity contribution in [1.82, 2.24) is 10.2 Å². The van der Waals surface area contributed by atoms with E-state index in [9.17, 15) is 4.79 Å². The molecule has 0 aliphatic carbocycles. The zero-order chi connectivity index (χ0) is 12.7. The minimum atomic E-state index is 0.0929. The fraction of sp³-hybridized carbons (Fsp3) is 0.917. The van der Waals surface area contributed by atoms with Crippen LogP contribution in [0, 0.1) is 0 Å². The van der Waals surface area contributed by atoms with E-state index in [1.807, 2.05) is 13.8 Å². The summed E-state index contributed by atoms with van der Waals surface area (Å²) in [5.41, 5.74) is 5.62. The molecule has 1 saturated heterocycles. The molecular weight excluding hydrogens is 218 g/mol. The number of nitrogens with zero attached hydrogens (tertiary/aromatic N) is 1. The third-order valence-corrected chi connectivity index (χ3v) is 2.87. The van der Waals surface area contributed by atoms with E-state index in [1.165, 1.54) is 0 Å². The Morgan fingerprint density at radius 1 is 1.41 bits per heavy atom. The van der Waals surface area contributed by atoms with Gasteiger partial charge in [0.05, 0.1) is 13.2 Å². The molecule has 1 amide bonds. The van der Waals surface area contributed by atoms with Gasteiger partial charge in [-0.25, -0.2) is 0 Å². The van der Waals surface area contributed by atoms with Crippen molar-refractivity contribution in [3.05, 3.63) is 0 Å². The Morgan fingerprint density at radius 2 is 2.06 bits per heavy atom. The van der Waals surface area contributed by atoms with Gasteiger partial charge in [-0.15, -0.1) is 0 Å². The van der Waals surface area contributed by atoms with E-state index in [-0.39, 0.29) is 18.0 Å². The van der Waals surface area contributed by atoms with Crippen molar-refractivity contribution < 1.29 is 9.53 Å².